The summed E-state index contributed by atoms with van der Waals surface area (Å²) in [5.74, 6) is 2.88. The molecule has 3 aliphatic rings. The highest BCUT2D eigenvalue weighted by molar-refractivity contribution is 5.90. The average molecular weight is 478 g/mol. The summed E-state index contributed by atoms with van der Waals surface area (Å²) in [7, 11) is 3.46. The molecule has 0 aromatic heterocycles. The lowest BCUT2D eigenvalue weighted by Crippen LogP contribution is -2.34. The highest BCUT2D eigenvalue weighted by atomic mass is 16.5. The van der Waals surface area contributed by atoms with Crippen molar-refractivity contribution >= 4 is 11.6 Å². The number of benzene rings is 2. The van der Waals surface area contributed by atoms with E-state index in [1.54, 1.807) is 14.2 Å². The summed E-state index contributed by atoms with van der Waals surface area (Å²) in [6.07, 6.45) is 12.6. The highest BCUT2D eigenvalue weighted by Gasteiger charge is 2.41. The van der Waals surface area contributed by atoms with E-state index in [0.29, 0.717) is 18.3 Å². The molecular weight excluding hydrogens is 438 g/mol. The van der Waals surface area contributed by atoms with E-state index in [1.165, 1.54) is 50.5 Å². The van der Waals surface area contributed by atoms with Gasteiger partial charge in [0.25, 0.3) is 0 Å². The van der Waals surface area contributed by atoms with Crippen LogP contribution in [0.4, 0.5) is 5.69 Å². The predicted octanol–water partition coefficient (Wildman–Crippen LogP) is 7.15. The fourth-order valence-corrected chi connectivity index (χ4v) is 6.50. The van der Waals surface area contributed by atoms with E-state index in [9.17, 15) is 4.79 Å². The molecule has 2 saturated carbocycles. The Morgan fingerprint density at radius 2 is 1.63 bits per heavy atom. The molecule has 0 bridgehead atoms. The van der Waals surface area contributed by atoms with Gasteiger partial charge in [-0.25, -0.2) is 0 Å². The Morgan fingerprint density at radius 1 is 0.914 bits per heavy atom. The smallest absolute Gasteiger partial charge is 0.224 e. The number of fused-ring (bicyclic) bond motifs is 3. The maximum absolute atomic E-state index is 12.7. The molecular formula is C30H39NO4. The topological polar surface area (TPSA) is 56.8 Å². The van der Waals surface area contributed by atoms with E-state index in [2.05, 4.69) is 17.4 Å². The minimum atomic E-state index is -0.256. The Balaban J connectivity index is 1.40. The molecule has 35 heavy (non-hydrogen) atoms. The molecule has 5 rings (SSSR count). The molecule has 0 radical (unpaired) electrons. The molecule has 1 N–H and O–H groups in total. The number of carbonyl (C=O) groups is 1. The molecule has 2 aliphatic carbocycles. The van der Waals surface area contributed by atoms with Crippen molar-refractivity contribution in [3.63, 3.8) is 0 Å². The van der Waals surface area contributed by atoms with Gasteiger partial charge in [0.1, 0.15) is 17.6 Å². The monoisotopic (exact) mass is 477 g/mol. The fourth-order valence-electron chi connectivity index (χ4n) is 6.50. The summed E-state index contributed by atoms with van der Waals surface area (Å²) >= 11 is 0. The van der Waals surface area contributed by atoms with Crippen molar-refractivity contribution in [1.29, 1.82) is 0 Å². The van der Waals surface area contributed by atoms with Crippen LogP contribution in [0.3, 0.4) is 0 Å². The zero-order valence-corrected chi connectivity index (χ0v) is 21.2. The first-order chi connectivity index (χ1) is 17.2. The zero-order chi connectivity index (χ0) is 24.2. The van der Waals surface area contributed by atoms with Crippen LogP contribution in [-0.4, -0.2) is 26.2 Å². The van der Waals surface area contributed by atoms with Gasteiger partial charge < -0.3 is 19.5 Å². The number of nitrogens with one attached hydrogen (secondary N) is 1. The second-order valence-corrected chi connectivity index (χ2v) is 10.5. The summed E-state index contributed by atoms with van der Waals surface area (Å²) in [6.45, 7) is 0. The molecule has 2 aromatic rings. The third-order valence-corrected chi connectivity index (χ3v) is 8.27. The van der Waals surface area contributed by atoms with Gasteiger partial charge >= 0.3 is 0 Å². The Hall–Kier alpha value is -2.53. The molecule has 0 saturated heterocycles. The molecule has 188 valence electrons. The van der Waals surface area contributed by atoms with Crippen LogP contribution >= 0.6 is 0 Å². The molecule has 0 spiro atoms. The minimum absolute atomic E-state index is 0.101. The molecule has 1 aliphatic heterocycles. The van der Waals surface area contributed by atoms with Crippen LogP contribution in [0, 0.1) is 5.92 Å². The maximum Gasteiger partial charge on any atom is 0.224 e. The van der Waals surface area contributed by atoms with Crippen LogP contribution in [-0.2, 0) is 9.53 Å². The number of rotatable bonds is 7. The van der Waals surface area contributed by atoms with Crippen LogP contribution in [0.2, 0.25) is 0 Å². The molecule has 5 heteroatoms. The van der Waals surface area contributed by atoms with E-state index in [4.69, 9.17) is 14.2 Å². The van der Waals surface area contributed by atoms with Gasteiger partial charge in [0.15, 0.2) is 0 Å². The van der Waals surface area contributed by atoms with Gasteiger partial charge in [-0.1, -0.05) is 57.1 Å². The number of hydrogen-bond acceptors (Lipinski definition) is 4. The number of hydrogen-bond donors (Lipinski definition) is 1. The lowest BCUT2D eigenvalue weighted by atomic mass is 9.75. The van der Waals surface area contributed by atoms with Crippen molar-refractivity contribution in [3.8, 4) is 11.5 Å². The van der Waals surface area contributed by atoms with Crippen LogP contribution in [0.25, 0.3) is 0 Å². The fraction of sp³-hybridized carbons (Fsp3) is 0.567. The first kappa shape index (κ1) is 24.2. The second kappa shape index (κ2) is 11.0. The Labute approximate surface area is 209 Å². The number of methoxy groups -OCH3 is 2. The zero-order valence-electron chi connectivity index (χ0n) is 21.2. The largest absolute Gasteiger partial charge is 0.496 e. The number of carbonyl (C=O) groups excluding carboxylic acids is 1. The van der Waals surface area contributed by atoms with Gasteiger partial charge in [0.05, 0.1) is 20.3 Å². The van der Waals surface area contributed by atoms with Gasteiger partial charge in [-0.3, -0.25) is 4.79 Å². The van der Waals surface area contributed by atoms with E-state index < -0.39 is 0 Å². The van der Waals surface area contributed by atoms with E-state index in [-0.39, 0.29) is 18.1 Å². The van der Waals surface area contributed by atoms with Gasteiger partial charge in [0, 0.05) is 29.2 Å². The first-order valence-corrected chi connectivity index (χ1v) is 13.5. The van der Waals surface area contributed by atoms with Crippen LogP contribution in [0.1, 0.15) is 99.3 Å². The second-order valence-electron chi connectivity index (χ2n) is 10.5. The van der Waals surface area contributed by atoms with Crippen molar-refractivity contribution in [2.24, 2.45) is 5.92 Å². The molecule has 3 atom stereocenters. The van der Waals surface area contributed by atoms with Crippen molar-refractivity contribution in [1.82, 2.24) is 0 Å². The summed E-state index contributed by atoms with van der Waals surface area (Å²) in [5, 5.41) is 3.14. The Kier molecular flexibility index (Phi) is 7.62. The molecule has 2 aromatic carbocycles. The predicted molar refractivity (Wildman–Crippen MR) is 138 cm³/mol. The number of ether oxygens (including phenoxy) is 3. The molecule has 2 fully saturated rings. The molecule has 1 heterocycles. The summed E-state index contributed by atoms with van der Waals surface area (Å²) in [6, 6.07) is 12.1. The molecule has 5 nitrogen and oxygen atoms in total. The quantitative estimate of drug-likeness (QED) is 0.460. The van der Waals surface area contributed by atoms with E-state index >= 15 is 0 Å². The van der Waals surface area contributed by atoms with Crippen LogP contribution in [0.5, 0.6) is 11.5 Å². The summed E-state index contributed by atoms with van der Waals surface area (Å²) in [5.41, 5.74) is 4.16. The van der Waals surface area contributed by atoms with Gasteiger partial charge in [-0.2, -0.15) is 0 Å². The maximum atomic E-state index is 12.7. The van der Waals surface area contributed by atoms with Gasteiger partial charge in [-0.05, 0) is 55.0 Å². The average Bonchev–Trinajstić information content (AvgIpc) is 2.91. The Bertz CT molecular complexity index is 1030. The standard InChI is InChI=1S/C30H39NO4/c1-33-25-16-17-26(34-2)29-28(25)23-13-6-7-14-24(23)35-30(29)21-11-8-12-22(19-21)31-27(32)18-15-20-9-4-3-5-10-20/h8,11-12,16-17,19-20,23-24,30H,3-7,9-10,13-15,18H2,1-2H3,(H,31,32)/t23-,24-,30-/m0/s1. The first-order valence-electron chi connectivity index (χ1n) is 13.5. The molecule has 0 unspecified atom stereocenters. The van der Waals surface area contributed by atoms with E-state index in [1.807, 2.05) is 24.3 Å². The van der Waals surface area contributed by atoms with Crippen LogP contribution in [0.15, 0.2) is 36.4 Å². The number of amides is 1. The van der Waals surface area contributed by atoms with Crippen molar-refractivity contribution in [2.75, 3.05) is 19.5 Å². The van der Waals surface area contributed by atoms with Crippen molar-refractivity contribution < 1.29 is 19.0 Å². The summed E-state index contributed by atoms with van der Waals surface area (Å²) in [4.78, 5) is 12.7. The lowest BCUT2D eigenvalue weighted by molar-refractivity contribution is -0.116. The minimum Gasteiger partial charge on any atom is -0.496 e. The van der Waals surface area contributed by atoms with E-state index in [0.717, 1.165) is 47.6 Å². The normalized spacial score (nSPS) is 24.2. The third-order valence-electron chi connectivity index (χ3n) is 8.27. The number of anilines is 1. The van der Waals surface area contributed by atoms with Crippen LogP contribution < -0.4 is 14.8 Å². The lowest BCUT2D eigenvalue weighted by Gasteiger charge is -2.42. The Morgan fingerprint density at radius 3 is 2.40 bits per heavy atom. The van der Waals surface area contributed by atoms with Gasteiger partial charge in [0.2, 0.25) is 5.91 Å². The third kappa shape index (κ3) is 5.20. The van der Waals surface area contributed by atoms with Gasteiger partial charge in [-0.15, -0.1) is 0 Å². The SMILES string of the molecule is COc1ccc(OC)c2c1[C@H](c1cccc(NC(=O)CCC3CCCCC3)c1)O[C@H]1CCCC[C@H]21. The van der Waals surface area contributed by atoms with Crippen molar-refractivity contribution in [3.05, 3.63) is 53.1 Å². The summed E-state index contributed by atoms with van der Waals surface area (Å²) < 4.78 is 18.4. The molecule has 1 amide bonds. The highest BCUT2D eigenvalue weighted by Crippen LogP contribution is 2.53. The van der Waals surface area contributed by atoms with Crippen molar-refractivity contribution in [2.45, 2.75) is 88.8 Å².